The minimum atomic E-state index is -0.353. The van der Waals surface area contributed by atoms with Crippen LogP contribution in [0.25, 0.3) is 0 Å². The highest BCUT2D eigenvalue weighted by Gasteiger charge is 2.21. The first-order valence-corrected chi connectivity index (χ1v) is 7.35. The van der Waals surface area contributed by atoms with E-state index in [4.69, 9.17) is 5.73 Å². The molecule has 0 radical (unpaired) electrons. The number of nitrogens with two attached hydrogens (primary N) is 1. The molecule has 2 aromatic carbocycles. The zero-order valence-electron chi connectivity index (χ0n) is 10.2. The van der Waals surface area contributed by atoms with Crippen molar-refractivity contribution in [1.82, 2.24) is 0 Å². The molecule has 0 aliphatic carbocycles. The van der Waals surface area contributed by atoms with Crippen LogP contribution in [-0.2, 0) is 12.0 Å². The Kier molecular flexibility index (Phi) is 4.25. The molecule has 0 saturated carbocycles. The van der Waals surface area contributed by atoms with Crippen LogP contribution in [0.1, 0.15) is 18.1 Å². The van der Waals surface area contributed by atoms with Crippen molar-refractivity contribution in [2.24, 2.45) is 5.73 Å². The summed E-state index contributed by atoms with van der Waals surface area (Å²) in [5.41, 5.74) is 8.47. The lowest BCUT2D eigenvalue weighted by Crippen LogP contribution is -2.35. The van der Waals surface area contributed by atoms with Crippen LogP contribution >= 0.6 is 31.9 Å². The molecule has 0 amide bonds. The van der Waals surface area contributed by atoms with E-state index >= 15 is 0 Å². The molecule has 3 heteroatoms. The van der Waals surface area contributed by atoms with Crippen molar-refractivity contribution in [3.05, 3.63) is 68.6 Å². The van der Waals surface area contributed by atoms with Crippen LogP contribution in [-0.4, -0.2) is 0 Å². The second-order valence-electron chi connectivity index (χ2n) is 4.73. The smallest absolute Gasteiger partial charge is 0.0421 e. The molecule has 2 N–H and O–H groups in total. The first-order chi connectivity index (χ1) is 8.47. The fourth-order valence-electron chi connectivity index (χ4n) is 1.96. The molecule has 18 heavy (non-hydrogen) atoms. The Balaban J connectivity index is 2.20. The van der Waals surface area contributed by atoms with Crippen LogP contribution in [0, 0.1) is 0 Å². The maximum Gasteiger partial charge on any atom is 0.0421 e. The molecule has 0 aliphatic heterocycles. The van der Waals surface area contributed by atoms with Crippen LogP contribution in [0.5, 0.6) is 0 Å². The van der Waals surface area contributed by atoms with Crippen molar-refractivity contribution < 1.29 is 0 Å². The first-order valence-electron chi connectivity index (χ1n) is 5.77. The van der Waals surface area contributed by atoms with Gasteiger partial charge in [-0.15, -0.1) is 0 Å². The number of hydrogen-bond donors (Lipinski definition) is 1. The van der Waals surface area contributed by atoms with Crippen LogP contribution in [0.3, 0.4) is 0 Å². The molecule has 1 atom stereocenters. The predicted molar refractivity (Wildman–Crippen MR) is 83.5 cm³/mol. The van der Waals surface area contributed by atoms with Gasteiger partial charge in [0.05, 0.1) is 0 Å². The minimum absolute atomic E-state index is 0.353. The fraction of sp³-hybridized carbons (Fsp3) is 0.200. The van der Waals surface area contributed by atoms with Crippen molar-refractivity contribution in [3.63, 3.8) is 0 Å². The molecule has 94 valence electrons. The van der Waals surface area contributed by atoms with E-state index in [1.165, 1.54) is 5.56 Å². The quantitative estimate of drug-likeness (QED) is 0.839. The summed E-state index contributed by atoms with van der Waals surface area (Å²) in [7, 11) is 0. The number of hydrogen-bond acceptors (Lipinski definition) is 1. The largest absolute Gasteiger partial charge is 0.321 e. The van der Waals surface area contributed by atoms with Gasteiger partial charge in [-0.1, -0.05) is 56.1 Å². The molecule has 0 bridgehead atoms. The molecule has 1 unspecified atom stereocenters. The number of halogens is 2. The van der Waals surface area contributed by atoms with E-state index in [1.54, 1.807) is 0 Å². The molecule has 0 saturated heterocycles. The second-order valence-corrected chi connectivity index (χ2v) is 6.56. The summed E-state index contributed by atoms with van der Waals surface area (Å²) in [6.45, 7) is 2.07. The number of benzene rings is 2. The zero-order valence-corrected chi connectivity index (χ0v) is 13.3. The maximum absolute atomic E-state index is 6.43. The highest BCUT2D eigenvalue weighted by molar-refractivity contribution is 9.10. The van der Waals surface area contributed by atoms with Gasteiger partial charge in [-0.25, -0.2) is 0 Å². The average molecular weight is 369 g/mol. The van der Waals surface area contributed by atoms with Crippen molar-refractivity contribution in [3.8, 4) is 0 Å². The van der Waals surface area contributed by atoms with E-state index in [0.717, 1.165) is 20.9 Å². The first kappa shape index (κ1) is 13.8. The second kappa shape index (κ2) is 5.55. The number of rotatable bonds is 3. The summed E-state index contributed by atoms with van der Waals surface area (Å²) in [4.78, 5) is 0. The van der Waals surface area contributed by atoms with Crippen molar-refractivity contribution >= 4 is 31.9 Å². The standard InChI is InChI=1S/C15H15Br2N/c1-15(18,12-4-8-14(17)9-5-12)10-11-2-6-13(16)7-3-11/h2-9H,10,18H2,1H3. The van der Waals surface area contributed by atoms with Crippen LogP contribution in [0.4, 0.5) is 0 Å². The van der Waals surface area contributed by atoms with E-state index in [1.807, 2.05) is 24.3 Å². The van der Waals surface area contributed by atoms with Gasteiger partial charge < -0.3 is 5.73 Å². The van der Waals surface area contributed by atoms with Crippen LogP contribution in [0.15, 0.2) is 57.5 Å². The molecular weight excluding hydrogens is 354 g/mol. The van der Waals surface area contributed by atoms with E-state index in [2.05, 4.69) is 63.0 Å². The van der Waals surface area contributed by atoms with Crippen LogP contribution in [0.2, 0.25) is 0 Å². The summed E-state index contributed by atoms with van der Waals surface area (Å²) < 4.78 is 2.17. The average Bonchev–Trinajstić information content (AvgIpc) is 2.32. The zero-order chi connectivity index (χ0) is 13.2. The third kappa shape index (κ3) is 3.44. The van der Waals surface area contributed by atoms with Gasteiger partial charge in [0.15, 0.2) is 0 Å². The SMILES string of the molecule is CC(N)(Cc1ccc(Br)cc1)c1ccc(Br)cc1. The Bertz CT molecular complexity index is 515. The lowest BCUT2D eigenvalue weighted by Gasteiger charge is -2.25. The van der Waals surface area contributed by atoms with Gasteiger partial charge in [0.1, 0.15) is 0 Å². The van der Waals surface area contributed by atoms with Crippen molar-refractivity contribution in [1.29, 1.82) is 0 Å². The molecule has 0 heterocycles. The fourth-order valence-corrected chi connectivity index (χ4v) is 2.49. The van der Waals surface area contributed by atoms with E-state index in [0.29, 0.717) is 0 Å². The van der Waals surface area contributed by atoms with E-state index in [9.17, 15) is 0 Å². The Morgan fingerprint density at radius 3 is 1.83 bits per heavy atom. The van der Waals surface area contributed by atoms with Crippen molar-refractivity contribution in [2.75, 3.05) is 0 Å². The van der Waals surface area contributed by atoms with Crippen LogP contribution < -0.4 is 5.73 Å². The molecule has 1 nitrogen and oxygen atoms in total. The van der Waals surface area contributed by atoms with Crippen molar-refractivity contribution in [2.45, 2.75) is 18.9 Å². The lowest BCUT2D eigenvalue weighted by atomic mass is 9.87. The summed E-state index contributed by atoms with van der Waals surface area (Å²) in [6.07, 6.45) is 0.821. The summed E-state index contributed by atoms with van der Waals surface area (Å²) in [5, 5.41) is 0. The summed E-state index contributed by atoms with van der Waals surface area (Å²) >= 11 is 6.88. The van der Waals surface area contributed by atoms with E-state index in [-0.39, 0.29) is 5.54 Å². The summed E-state index contributed by atoms with van der Waals surface area (Å²) in [6, 6.07) is 16.5. The monoisotopic (exact) mass is 367 g/mol. The van der Waals surface area contributed by atoms with Gasteiger partial charge in [-0.05, 0) is 48.7 Å². The predicted octanol–water partition coefficient (Wildman–Crippen LogP) is 4.63. The Labute approximate surface area is 125 Å². The lowest BCUT2D eigenvalue weighted by molar-refractivity contribution is 0.491. The molecule has 0 aromatic heterocycles. The van der Waals surface area contributed by atoms with Gasteiger partial charge in [0.25, 0.3) is 0 Å². The van der Waals surface area contributed by atoms with Gasteiger partial charge >= 0.3 is 0 Å². The molecule has 2 aromatic rings. The molecule has 2 rings (SSSR count). The van der Waals surface area contributed by atoms with Gasteiger partial charge in [-0.2, -0.15) is 0 Å². The Hall–Kier alpha value is -0.640. The third-order valence-electron chi connectivity index (χ3n) is 2.99. The van der Waals surface area contributed by atoms with Gasteiger partial charge in [-0.3, -0.25) is 0 Å². The minimum Gasteiger partial charge on any atom is -0.321 e. The normalized spacial score (nSPS) is 14.2. The maximum atomic E-state index is 6.43. The Morgan fingerprint density at radius 1 is 0.889 bits per heavy atom. The molecule has 0 aliphatic rings. The van der Waals surface area contributed by atoms with Gasteiger partial charge in [0, 0.05) is 14.5 Å². The topological polar surface area (TPSA) is 26.0 Å². The Morgan fingerprint density at radius 2 is 1.33 bits per heavy atom. The highest BCUT2D eigenvalue weighted by Crippen LogP contribution is 2.25. The molecule has 0 spiro atoms. The van der Waals surface area contributed by atoms with E-state index < -0.39 is 0 Å². The molecular formula is C15H15Br2N. The summed E-state index contributed by atoms with van der Waals surface area (Å²) in [5.74, 6) is 0. The van der Waals surface area contributed by atoms with Gasteiger partial charge in [0.2, 0.25) is 0 Å². The molecule has 0 fully saturated rings. The highest BCUT2D eigenvalue weighted by atomic mass is 79.9. The third-order valence-corrected chi connectivity index (χ3v) is 4.05.